The van der Waals surface area contributed by atoms with Crippen molar-refractivity contribution in [3.63, 3.8) is 0 Å². The highest BCUT2D eigenvalue weighted by atomic mass is 32.1. The average molecular weight is 1210 g/mol. The van der Waals surface area contributed by atoms with Crippen LogP contribution >= 0.6 is 20.0 Å². The smallest absolute Gasteiger partial charge is 0.462 e. The Morgan fingerprint density at radius 3 is 1.56 bits per heavy atom. The van der Waals surface area contributed by atoms with E-state index in [1.165, 1.54) is 141 Å². The van der Waals surface area contributed by atoms with Crippen molar-refractivity contribution < 1.29 is 81.7 Å². The third-order valence-corrected chi connectivity index (χ3v) is 15.2. The number of hydrogen-bond acceptors (Lipinski definition) is 17. The van der Waals surface area contributed by atoms with E-state index in [1.54, 1.807) is 24.3 Å². The number of unbranched alkanes of at least 4 members (excludes halogenated alkanes) is 28. The van der Waals surface area contributed by atoms with Crippen LogP contribution in [0.2, 0.25) is 0 Å². The van der Waals surface area contributed by atoms with E-state index >= 15 is 0 Å². The molecular weight excluding hydrogens is 1100 g/mol. The Kier molecular flexibility index (Phi) is 47.8. The number of nitrogens with one attached hydrogen (secondary N) is 3. The summed E-state index contributed by atoms with van der Waals surface area (Å²) < 4.78 is 55.5. The monoisotopic (exact) mass is 1210 g/mol. The minimum Gasteiger partial charge on any atom is -0.462 e. The number of ether oxygens (including phenoxy) is 6. The number of phosphoric acid groups is 1. The molecule has 1 fully saturated rings. The van der Waals surface area contributed by atoms with E-state index in [2.05, 4.69) is 29.8 Å². The number of anilines is 1. The minimum absolute atomic E-state index is 0. The van der Waals surface area contributed by atoms with Crippen molar-refractivity contribution in [2.75, 3.05) is 64.7 Å². The van der Waals surface area contributed by atoms with Crippen molar-refractivity contribution >= 4 is 48.9 Å². The van der Waals surface area contributed by atoms with Gasteiger partial charge in [0, 0.05) is 31.6 Å². The summed E-state index contributed by atoms with van der Waals surface area (Å²) in [6.45, 7) is 2.96. The fourth-order valence-electron chi connectivity index (χ4n) is 9.10. The van der Waals surface area contributed by atoms with Gasteiger partial charge in [0.15, 0.2) is 11.2 Å². The van der Waals surface area contributed by atoms with Gasteiger partial charge in [-0.1, -0.05) is 201 Å². The summed E-state index contributed by atoms with van der Waals surface area (Å²) in [7, 11) is -4.68. The normalized spacial score (nSPS) is 17.9. The molecule has 1 aliphatic rings. The third kappa shape index (κ3) is 40.9. The molecule has 0 aliphatic carbocycles. The highest BCUT2D eigenvalue weighted by molar-refractivity contribution is 7.80. The zero-order chi connectivity index (χ0) is 59.0. The maximum atomic E-state index is 12.9. The Bertz CT molecular complexity index is 1790. The maximum Gasteiger partial charge on any atom is 0.472 e. The number of carbonyl (C=O) groups excluding carboxylic acids is 3. The molecule has 1 unspecified atom stereocenters. The predicted octanol–water partition coefficient (Wildman–Crippen LogP) is 11.6. The quantitative estimate of drug-likeness (QED) is 0.00989. The number of hydrogen-bond donors (Lipinski definition) is 8. The third-order valence-electron chi connectivity index (χ3n) is 14.0. The van der Waals surface area contributed by atoms with Crippen molar-refractivity contribution in [1.82, 2.24) is 10.6 Å². The molecule has 1 heterocycles. The number of thiocarbonyl (C=S) groups is 1. The largest absolute Gasteiger partial charge is 0.472 e. The Labute approximate surface area is 497 Å². The maximum absolute atomic E-state index is 12.9. The standard InChI is InChI=1S/C59H106N3O17PS.CH4/c1-3-5-7-9-11-13-15-17-19-21-23-25-27-29-31-33-52(64)74-46-50(77-53(65)34-32-30-28-26-24-22-20-18-16-14-12-10-8-6-4-2)47-76-80(70,71)75-42-40-61-59(69)73-44-43-72-41-39-60-58(81)62-48-35-37-49(38-36-48)78-57-56(68)55(67)54(66)51(45-63)79-57;/h35-38,50-51,54-57,63,66-68H,3-34,39-47H2,1-2H3,(H,61,69)(H,70,71)(H2,60,62,81);1H4/t50-,51-,54-,55+,56+,57+;/m1./s1. The SMILES string of the molecule is C.CCCCCCCCCCCCCCCCCC(=O)OC[C@H](COP(=O)(O)OCCNC(=O)OCCOCCNC(=S)Nc1ccc(O[C@H]2O[C@H](CO)[C@@H](O)[C@H](O)[C@@H]2O)cc1)OC(=O)CCCCCCCCCCCCCCCCC. The van der Waals surface area contributed by atoms with E-state index in [0.29, 0.717) is 35.9 Å². The molecule has 1 amide bonds. The lowest BCUT2D eigenvalue weighted by Gasteiger charge is -2.39. The molecule has 1 aliphatic heterocycles. The van der Waals surface area contributed by atoms with Crippen LogP contribution in [0.3, 0.4) is 0 Å². The van der Waals surface area contributed by atoms with Gasteiger partial charge in [-0.3, -0.25) is 18.6 Å². The molecule has 1 saturated heterocycles. The molecule has 2 rings (SSSR count). The zero-order valence-corrected chi connectivity index (χ0v) is 51.0. The first kappa shape index (κ1) is 76.8. The highest BCUT2D eigenvalue weighted by Gasteiger charge is 2.44. The van der Waals surface area contributed by atoms with E-state index in [9.17, 15) is 44.3 Å². The number of rotatable bonds is 52. The fourth-order valence-corrected chi connectivity index (χ4v) is 10.1. The van der Waals surface area contributed by atoms with Crippen LogP contribution in [0.1, 0.15) is 227 Å². The van der Waals surface area contributed by atoms with Crippen LogP contribution in [0.25, 0.3) is 0 Å². The van der Waals surface area contributed by atoms with Crippen molar-refractivity contribution in [3.05, 3.63) is 24.3 Å². The van der Waals surface area contributed by atoms with Gasteiger partial charge in [-0.05, 0) is 49.3 Å². The van der Waals surface area contributed by atoms with Gasteiger partial charge in [0.05, 0.1) is 33.0 Å². The summed E-state index contributed by atoms with van der Waals surface area (Å²) >= 11 is 5.32. The van der Waals surface area contributed by atoms with Crippen LogP contribution in [0.5, 0.6) is 5.75 Å². The van der Waals surface area contributed by atoms with E-state index in [1.807, 2.05) is 0 Å². The first-order chi connectivity index (χ1) is 39.3. The van der Waals surface area contributed by atoms with Gasteiger partial charge in [0.1, 0.15) is 43.4 Å². The molecule has 1 aromatic rings. The van der Waals surface area contributed by atoms with Crippen LogP contribution < -0.4 is 20.7 Å². The topological polar surface area (TPSA) is 279 Å². The number of benzene rings is 1. The highest BCUT2D eigenvalue weighted by Crippen LogP contribution is 2.43. The number of amides is 1. The van der Waals surface area contributed by atoms with Crippen LogP contribution in [0.15, 0.2) is 24.3 Å². The Balaban J connectivity index is 0.0000336. The van der Waals surface area contributed by atoms with Crippen LogP contribution in [-0.2, 0) is 46.9 Å². The molecule has 22 heteroatoms. The van der Waals surface area contributed by atoms with Crippen LogP contribution in [0, 0.1) is 0 Å². The Morgan fingerprint density at radius 1 is 0.585 bits per heavy atom. The van der Waals surface area contributed by atoms with Gasteiger partial charge in [-0.15, -0.1) is 0 Å². The van der Waals surface area contributed by atoms with Gasteiger partial charge in [0.2, 0.25) is 6.29 Å². The van der Waals surface area contributed by atoms with E-state index in [0.717, 1.165) is 38.5 Å². The molecule has 8 N–H and O–H groups in total. The molecule has 478 valence electrons. The summed E-state index contributed by atoms with van der Waals surface area (Å²) in [5, 5.41) is 48.2. The second-order valence-electron chi connectivity index (χ2n) is 21.2. The second kappa shape index (κ2) is 51.1. The lowest BCUT2D eigenvalue weighted by molar-refractivity contribution is -0.277. The summed E-state index contributed by atoms with van der Waals surface area (Å²) in [6.07, 6.45) is 27.6. The molecule has 0 bridgehead atoms. The molecule has 0 aromatic heterocycles. The Hall–Kier alpha value is -3.21. The van der Waals surface area contributed by atoms with Gasteiger partial charge in [-0.2, -0.15) is 0 Å². The summed E-state index contributed by atoms with van der Waals surface area (Å²) in [6, 6.07) is 6.44. The molecule has 0 saturated carbocycles. The number of carbonyl (C=O) groups is 3. The number of aliphatic hydroxyl groups is 4. The van der Waals surface area contributed by atoms with Gasteiger partial charge in [0.25, 0.3) is 0 Å². The van der Waals surface area contributed by atoms with E-state index in [-0.39, 0.29) is 53.2 Å². The number of alkyl carbamates (subject to hydrolysis) is 1. The van der Waals surface area contributed by atoms with Crippen molar-refractivity contribution in [3.8, 4) is 5.75 Å². The zero-order valence-electron chi connectivity index (χ0n) is 49.3. The molecule has 7 atom stereocenters. The predicted molar refractivity (Wildman–Crippen MR) is 324 cm³/mol. The van der Waals surface area contributed by atoms with Crippen molar-refractivity contribution in [1.29, 1.82) is 0 Å². The van der Waals surface area contributed by atoms with Crippen LogP contribution in [-0.4, -0.2) is 145 Å². The molecular formula is C60H110N3O17PS. The summed E-state index contributed by atoms with van der Waals surface area (Å²) in [5.41, 5.74) is 0.607. The van der Waals surface area contributed by atoms with E-state index in [4.69, 9.17) is 49.7 Å². The van der Waals surface area contributed by atoms with Crippen molar-refractivity contribution in [2.45, 2.75) is 264 Å². The Morgan fingerprint density at radius 2 is 1.06 bits per heavy atom. The number of esters is 2. The van der Waals surface area contributed by atoms with Gasteiger partial charge in [-0.25, -0.2) is 9.36 Å². The second-order valence-corrected chi connectivity index (χ2v) is 23.0. The molecule has 0 radical (unpaired) electrons. The summed E-state index contributed by atoms with van der Waals surface area (Å²) in [5.74, 6) is -0.663. The number of phosphoric ester groups is 1. The lowest BCUT2D eigenvalue weighted by Crippen LogP contribution is -2.60. The van der Waals surface area contributed by atoms with Gasteiger partial charge >= 0.3 is 25.9 Å². The summed E-state index contributed by atoms with van der Waals surface area (Å²) in [4.78, 5) is 48.1. The molecule has 82 heavy (non-hydrogen) atoms. The molecule has 1 aromatic carbocycles. The molecule has 20 nitrogen and oxygen atoms in total. The first-order valence-corrected chi connectivity index (χ1v) is 32.8. The fraction of sp³-hybridized carbons (Fsp3) is 0.833. The van der Waals surface area contributed by atoms with Crippen molar-refractivity contribution in [2.24, 2.45) is 0 Å². The average Bonchev–Trinajstić information content (AvgIpc) is 3.58. The van der Waals surface area contributed by atoms with Crippen LogP contribution in [0.4, 0.5) is 10.5 Å². The van der Waals surface area contributed by atoms with Gasteiger partial charge < -0.3 is 69.7 Å². The minimum atomic E-state index is -4.68. The lowest BCUT2D eigenvalue weighted by atomic mass is 9.99. The first-order valence-electron chi connectivity index (χ1n) is 30.9. The molecule has 0 spiro atoms. The number of aliphatic hydroxyl groups excluding tert-OH is 4. The van der Waals surface area contributed by atoms with E-state index < -0.39 is 82.5 Å².